The van der Waals surface area contributed by atoms with Crippen LogP contribution in [0.15, 0.2) is 36.4 Å². The second-order valence-electron chi connectivity index (χ2n) is 5.55. The Morgan fingerprint density at radius 2 is 1.92 bits per heavy atom. The van der Waals surface area contributed by atoms with E-state index in [1.165, 1.54) is 6.07 Å². The summed E-state index contributed by atoms with van der Waals surface area (Å²) in [4.78, 5) is 21.4. The smallest absolute Gasteiger partial charge is 0.373 e. The first kappa shape index (κ1) is 18.9. The predicted molar refractivity (Wildman–Crippen MR) is 93.1 cm³/mol. The van der Waals surface area contributed by atoms with Crippen LogP contribution in [0, 0.1) is 24.1 Å². The molecule has 2 aromatic carbocycles. The Bertz CT molecular complexity index is 1010. The Labute approximate surface area is 149 Å². The number of hydrogen-bond acceptors (Lipinski definition) is 5. The highest BCUT2D eigenvalue weighted by Gasteiger charge is 2.14. The molecule has 0 spiro atoms. The molecule has 0 unspecified atom stereocenters. The molecule has 3 rings (SSSR count). The average Bonchev–Trinajstić information content (AvgIpc) is 2.97. The molecule has 1 aromatic heterocycles. The third-order valence-electron chi connectivity index (χ3n) is 4.09. The summed E-state index contributed by atoms with van der Waals surface area (Å²) in [6, 6.07) is 12.4. The maximum Gasteiger partial charge on any atom is 0.373 e. The second-order valence-corrected chi connectivity index (χ2v) is 5.55. The lowest BCUT2D eigenvalue weighted by atomic mass is 10.1. The molecule has 0 amide bonds. The van der Waals surface area contributed by atoms with Crippen LogP contribution in [0.2, 0.25) is 0 Å². The largest absolute Gasteiger partial charge is 0.392 e. The molecule has 0 aliphatic heterocycles. The van der Waals surface area contributed by atoms with E-state index in [2.05, 4.69) is 11.1 Å². The highest BCUT2D eigenvalue weighted by atomic mass is 19.1. The van der Waals surface area contributed by atoms with Crippen molar-refractivity contribution < 1.29 is 19.1 Å². The molecule has 0 bridgehead atoms. The first-order valence-corrected chi connectivity index (χ1v) is 7.61. The van der Waals surface area contributed by atoms with Gasteiger partial charge in [0.05, 0.1) is 18.2 Å². The highest BCUT2D eigenvalue weighted by molar-refractivity contribution is 5.90. The van der Waals surface area contributed by atoms with Crippen molar-refractivity contribution in [2.24, 2.45) is 0 Å². The average molecular weight is 353 g/mol. The van der Waals surface area contributed by atoms with Crippen LogP contribution in [0.5, 0.6) is 0 Å². The molecule has 0 radical (unpaired) electrons. The molecule has 132 valence electrons. The Hall–Kier alpha value is -3.46. The van der Waals surface area contributed by atoms with Gasteiger partial charge < -0.3 is 15.0 Å². The molecule has 0 saturated carbocycles. The fourth-order valence-electron chi connectivity index (χ4n) is 2.73. The highest BCUT2D eigenvalue weighted by Crippen LogP contribution is 2.32. The van der Waals surface area contributed by atoms with Crippen LogP contribution in [0.1, 0.15) is 16.7 Å². The maximum absolute atomic E-state index is 13.9. The van der Waals surface area contributed by atoms with Gasteiger partial charge in [-0.1, -0.05) is 12.1 Å². The minimum Gasteiger partial charge on any atom is -0.392 e. The van der Waals surface area contributed by atoms with E-state index < -0.39 is 5.82 Å². The number of rotatable bonds is 3. The van der Waals surface area contributed by atoms with Crippen LogP contribution in [-0.4, -0.2) is 23.3 Å². The Kier molecular flexibility index (Phi) is 5.86. The fraction of sp³-hybridized carbons (Fsp3) is 0.158. The van der Waals surface area contributed by atoms with Gasteiger partial charge in [0.2, 0.25) is 0 Å². The van der Waals surface area contributed by atoms with Crippen molar-refractivity contribution >= 4 is 28.6 Å². The summed E-state index contributed by atoms with van der Waals surface area (Å²) in [6.45, 7) is 1.66. The number of H-pyrrole nitrogens is 1. The number of hydrogen-bond donors (Lipinski definition) is 2. The number of aliphatic hydroxyl groups excluding tert-OH is 1. The first-order valence-electron chi connectivity index (χ1n) is 7.61. The number of anilines is 2. The van der Waals surface area contributed by atoms with E-state index >= 15 is 0 Å². The number of fused-ring (bicyclic) bond motifs is 1. The van der Waals surface area contributed by atoms with Crippen LogP contribution < -0.4 is 4.90 Å². The lowest BCUT2D eigenvalue weighted by Gasteiger charge is -2.19. The van der Waals surface area contributed by atoms with Gasteiger partial charge in [-0.2, -0.15) is 14.9 Å². The van der Waals surface area contributed by atoms with Crippen molar-refractivity contribution in [3.05, 3.63) is 58.9 Å². The molecule has 26 heavy (non-hydrogen) atoms. The van der Waals surface area contributed by atoms with Gasteiger partial charge in [-0.15, -0.1) is 0 Å². The van der Waals surface area contributed by atoms with E-state index in [0.29, 0.717) is 11.3 Å². The molecular weight excluding hydrogens is 337 g/mol. The number of aromatic amines is 1. The van der Waals surface area contributed by atoms with Crippen LogP contribution in [0.25, 0.3) is 10.9 Å². The van der Waals surface area contributed by atoms with E-state index in [1.54, 1.807) is 24.3 Å². The molecule has 0 fully saturated rings. The van der Waals surface area contributed by atoms with Crippen molar-refractivity contribution in [1.29, 1.82) is 5.26 Å². The quantitative estimate of drug-likeness (QED) is 0.754. The van der Waals surface area contributed by atoms with Gasteiger partial charge in [0.15, 0.2) is 0 Å². The number of nitriles is 1. The third kappa shape index (κ3) is 3.62. The van der Waals surface area contributed by atoms with Gasteiger partial charge in [0.25, 0.3) is 0 Å². The molecule has 0 aliphatic rings. The zero-order valence-corrected chi connectivity index (χ0v) is 14.2. The Balaban J connectivity index is 0.000000758. The van der Waals surface area contributed by atoms with Crippen LogP contribution in [0.4, 0.5) is 15.9 Å². The number of aryl methyl sites for hydroxylation is 1. The van der Waals surface area contributed by atoms with E-state index in [4.69, 9.17) is 20.0 Å². The minimum absolute atomic E-state index is 0.250. The minimum atomic E-state index is -0.433. The molecule has 3 aromatic rings. The number of aliphatic hydroxyl groups is 1. The summed E-state index contributed by atoms with van der Waals surface area (Å²) < 4.78 is 13.9. The number of aromatic nitrogens is 1. The molecule has 0 aliphatic carbocycles. The standard InChI is InChI=1S/C18H16FN3O.CO2/c1-11-15-6-3-12(9-20)7-17(15)21-18(11)22(2)14-5-4-13(10-23)16(19)8-14;2-1-3/h3-8,21,23H,10H2,1-2H3;. The van der Waals surface area contributed by atoms with Crippen molar-refractivity contribution in [3.63, 3.8) is 0 Å². The van der Waals surface area contributed by atoms with Gasteiger partial charge in [-0.05, 0) is 36.8 Å². The van der Waals surface area contributed by atoms with Gasteiger partial charge in [0.1, 0.15) is 11.6 Å². The number of halogens is 1. The van der Waals surface area contributed by atoms with Gasteiger partial charge in [0, 0.05) is 29.2 Å². The summed E-state index contributed by atoms with van der Waals surface area (Å²) in [5.74, 6) is 0.406. The summed E-state index contributed by atoms with van der Waals surface area (Å²) in [7, 11) is 1.84. The van der Waals surface area contributed by atoms with Crippen LogP contribution in [0.3, 0.4) is 0 Å². The monoisotopic (exact) mass is 353 g/mol. The molecule has 7 heteroatoms. The van der Waals surface area contributed by atoms with Gasteiger partial charge in [-0.25, -0.2) is 4.39 Å². The Morgan fingerprint density at radius 1 is 1.23 bits per heavy atom. The predicted octanol–water partition coefficient (Wildman–Crippen LogP) is 3.16. The summed E-state index contributed by atoms with van der Waals surface area (Å²) >= 11 is 0. The zero-order valence-electron chi connectivity index (χ0n) is 14.2. The lowest BCUT2D eigenvalue weighted by molar-refractivity contribution is -0.191. The summed E-state index contributed by atoms with van der Waals surface area (Å²) in [5.41, 5.74) is 3.44. The van der Waals surface area contributed by atoms with E-state index in [1.807, 2.05) is 24.9 Å². The molecular formula is C19H16FN3O3. The lowest BCUT2D eigenvalue weighted by Crippen LogP contribution is -2.11. The van der Waals surface area contributed by atoms with E-state index in [0.717, 1.165) is 22.3 Å². The van der Waals surface area contributed by atoms with Crippen molar-refractivity contribution in [2.45, 2.75) is 13.5 Å². The van der Waals surface area contributed by atoms with E-state index in [-0.39, 0.29) is 18.3 Å². The van der Waals surface area contributed by atoms with E-state index in [9.17, 15) is 4.39 Å². The molecule has 6 nitrogen and oxygen atoms in total. The van der Waals surface area contributed by atoms with Crippen molar-refractivity contribution in [3.8, 4) is 6.07 Å². The van der Waals surface area contributed by atoms with Crippen molar-refractivity contribution in [2.75, 3.05) is 11.9 Å². The fourth-order valence-corrected chi connectivity index (χ4v) is 2.73. The molecule has 2 N–H and O–H groups in total. The van der Waals surface area contributed by atoms with Gasteiger partial charge >= 0.3 is 6.15 Å². The summed E-state index contributed by atoms with van der Waals surface area (Å²) in [6.07, 6.45) is 0.250. The van der Waals surface area contributed by atoms with Crippen molar-refractivity contribution in [1.82, 2.24) is 4.98 Å². The summed E-state index contributed by atoms with van der Waals surface area (Å²) in [5, 5.41) is 19.1. The molecule has 0 atom stereocenters. The topological polar surface area (TPSA) is 97.2 Å². The normalized spacial score (nSPS) is 9.81. The number of nitrogens with zero attached hydrogens (tertiary/aromatic N) is 2. The van der Waals surface area contributed by atoms with Crippen LogP contribution >= 0.6 is 0 Å². The molecule has 1 heterocycles. The molecule has 0 saturated heterocycles. The first-order chi connectivity index (χ1) is 12.5. The number of carbonyl (C=O) groups excluding carboxylic acids is 2. The number of benzene rings is 2. The van der Waals surface area contributed by atoms with Crippen LogP contribution in [-0.2, 0) is 16.2 Å². The Morgan fingerprint density at radius 3 is 2.50 bits per heavy atom. The second kappa shape index (κ2) is 8.08. The SMILES string of the molecule is Cc1c(N(C)c2ccc(CO)c(F)c2)[nH]c2cc(C#N)ccc12.O=C=O. The third-order valence-corrected chi connectivity index (χ3v) is 4.09. The zero-order chi connectivity index (χ0) is 19.3. The maximum atomic E-state index is 13.9. The van der Waals surface area contributed by atoms with Gasteiger partial charge in [-0.3, -0.25) is 0 Å². The number of nitrogens with one attached hydrogen (secondary N) is 1.